The van der Waals surface area contributed by atoms with E-state index in [2.05, 4.69) is 0 Å². The lowest BCUT2D eigenvalue weighted by atomic mass is 14.0. The van der Waals surface area contributed by atoms with Crippen LogP contribution < -0.4 is 105 Å². The summed E-state index contributed by atoms with van der Waals surface area (Å²) < 4.78 is 0. The first-order valence-corrected chi connectivity index (χ1v) is 0. The molecule has 0 aromatic carbocycles. The molecule has 0 aliphatic carbocycles. The number of hydrogen-bond acceptors (Lipinski definition) is 17. The van der Waals surface area contributed by atoms with Crippen molar-refractivity contribution < 1.29 is 0 Å². The Kier molecular flexibility index (Phi) is 3310000. The maximum absolute atomic E-state index is 0. The van der Waals surface area contributed by atoms with Crippen molar-refractivity contribution in [3.8, 4) is 0 Å². The Labute approximate surface area is 106 Å². The van der Waals surface area contributed by atoms with Gasteiger partial charge in [-0.2, -0.15) is 0 Å². The van der Waals surface area contributed by atoms with Gasteiger partial charge in [0.05, 0.1) is 0 Å². The lowest BCUT2D eigenvalue weighted by Gasteiger charge is -0.345. The highest BCUT2D eigenvalue weighted by atomic mass is 14.0. The maximum atomic E-state index is 0. The quantitative estimate of drug-likeness (QED) is 0.304. The smallest absolute Gasteiger partial charge is 0.344 e. The standard InChI is InChI=1S/17H3N/h17*1H3. The van der Waals surface area contributed by atoms with Crippen molar-refractivity contribution in [3.05, 3.63) is 0 Å². The molecule has 136 valence electrons. The summed E-state index contributed by atoms with van der Waals surface area (Å²) in [5, 5.41) is 0. The summed E-state index contributed by atoms with van der Waals surface area (Å²) in [6, 6.07) is 0. The van der Waals surface area contributed by atoms with Gasteiger partial charge in [0.25, 0.3) is 0 Å². The van der Waals surface area contributed by atoms with E-state index in [0.717, 1.165) is 0 Å². The molecular weight excluding hydrogens is 238 g/mol. The fourth-order valence-corrected chi connectivity index (χ4v) is 0. The number of hydrogen-bond donors (Lipinski definition) is 17. The van der Waals surface area contributed by atoms with E-state index in [0.29, 0.717) is 0 Å². The molecule has 0 unspecified atom stereocenters. The summed E-state index contributed by atoms with van der Waals surface area (Å²) in [7, 11) is 0. The van der Waals surface area contributed by atoms with Crippen LogP contribution in [-0.4, -0.2) is 0 Å². The third kappa shape index (κ3) is 5880. The summed E-state index contributed by atoms with van der Waals surface area (Å²) in [5.74, 6) is 0. The molecule has 0 aliphatic heterocycles. The summed E-state index contributed by atoms with van der Waals surface area (Å²) in [5.41, 5.74) is 0. The van der Waals surface area contributed by atoms with Crippen molar-refractivity contribution in [1.82, 2.24) is 105 Å². The molecule has 0 aromatic heterocycles. The average Bonchev–Trinajstić information content (AvgIpc) is 0. The topological polar surface area (TPSA) is 595 Å². The van der Waals surface area contributed by atoms with Crippen LogP contribution in [0.3, 0.4) is 0 Å². The van der Waals surface area contributed by atoms with E-state index < -0.39 is 0 Å². The summed E-state index contributed by atoms with van der Waals surface area (Å²) in [6.45, 7) is 0. The van der Waals surface area contributed by atoms with Crippen LogP contribution in [0.15, 0.2) is 0 Å². The van der Waals surface area contributed by atoms with E-state index in [4.69, 9.17) is 0 Å². The van der Waals surface area contributed by atoms with Gasteiger partial charge in [0.2, 0.25) is 0 Å². The Morgan fingerprint density at radius 2 is 0.0588 bits per heavy atom. The van der Waals surface area contributed by atoms with Gasteiger partial charge in [-0.05, 0) is 0 Å². The zero-order chi connectivity index (χ0) is 0. The average molecular weight is 290 g/mol. The van der Waals surface area contributed by atoms with Gasteiger partial charge in [0.15, 0.2) is 0 Å². The molecule has 0 saturated heterocycles. The van der Waals surface area contributed by atoms with E-state index in [9.17, 15) is 0 Å². The zero-order valence-electron chi connectivity index (χ0n) is 12.0. The first kappa shape index (κ1) is 8280. The normalized spacial score (nSPS) is 0. The summed E-state index contributed by atoms with van der Waals surface area (Å²) in [4.78, 5) is 0. The molecule has 0 amide bonds. The van der Waals surface area contributed by atoms with E-state index in [-0.39, 0.29) is 105 Å². The molecule has 17 heavy (non-hydrogen) atoms. The molecule has 17 heteroatoms. The molecule has 17 nitrogen and oxygen atoms in total. The number of rotatable bonds is 0. The SMILES string of the molecule is N.N.N.N.N.N.N.N.N.N.N.N.N.N.N.N.N. The summed E-state index contributed by atoms with van der Waals surface area (Å²) in [6.07, 6.45) is 0. The second-order valence-corrected chi connectivity index (χ2v) is 0. The lowest BCUT2D eigenvalue weighted by molar-refractivity contribution is 2.13. The summed E-state index contributed by atoms with van der Waals surface area (Å²) >= 11 is 0. The fraction of sp³-hybridized carbons (Fsp3) is 0. The van der Waals surface area contributed by atoms with E-state index in [1.165, 1.54) is 0 Å². The van der Waals surface area contributed by atoms with Crippen molar-refractivity contribution in [2.24, 2.45) is 0 Å². The van der Waals surface area contributed by atoms with Gasteiger partial charge in [-0.15, -0.1) is 0 Å². The molecule has 51 N–H and O–H groups in total. The molecule has 0 heterocycles. The van der Waals surface area contributed by atoms with E-state index in [1.807, 2.05) is 0 Å². The third-order valence-electron chi connectivity index (χ3n) is 0. The van der Waals surface area contributed by atoms with Crippen LogP contribution in [0.25, 0.3) is 0 Å². The Balaban J connectivity index is 0. The van der Waals surface area contributed by atoms with Gasteiger partial charge in [-0.25, -0.2) is 0 Å². The predicted molar refractivity (Wildman–Crippen MR) is 85.4 cm³/mol. The second-order valence-electron chi connectivity index (χ2n) is 0. The third-order valence-corrected chi connectivity index (χ3v) is 0. The van der Waals surface area contributed by atoms with Crippen LogP contribution >= 0.6 is 0 Å². The molecule has 0 radical (unpaired) electrons. The molecular formula is H51N17. The van der Waals surface area contributed by atoms with Gasteiger partial charge < -0.3 is 105 Å². The monoisotopic (exact) mass is 289 g/mol. The molecule has 0 atom stereocenters. The van der Waals surface area contributed by atoms with Gasteiger partial charge in [-0.3, -0.25) is 0 Å². The minimum absolute atomic E-state index is 0. The lowest BCUT2D eigenvalue weighted by Crippen LogP contribution is -0.482. The Hall–Kier alpha value is -0.680. The van der Waals surface area contributed by atoms with Crippen molar-refractivity contribution in [2.45, 2.75) is 0 Å². The zero-order valence-corrected chi connectivity index (χ0v) is 12.0. The largest absolute Gasteiger partial charge is 0.344 e. The Morgan fingerprint density at radius 3 is 0.0588 bits per heavy atom. The van der Waals surface area contributed by atoms with Crippen LogP contribution in [0, 0.1) is 0 Å². The highest BCUT2D eigenvalue weighted by Gasteiger charge is -0.328. The van der Waals surface area contributed by atoms with Crippen LogP contribution in [-0.2, 0) is 0 Å². The minimum atomic E-state index is 0. The molecule has 0 fully saturated rings. The van der Waals surface area contributed by atoms with Crippen molar-refractivity contribution >= 4 is 0 Å². The van der Waals surface area contributed by atoms with Crippen LogP contribution in [0.5, 0.6) is 0 Å². The highest BCUT2D eigenvalue weighted by Crippen LogP contribution is -0.465. The molecule has 0 bridgehead atoms. The molecule has 0 aromatic rings. The van der Waals surface area contributed by atoms with Crippen molar-refractivity contribution in [1.29, 1.82) is 0 Å². The highest BCUT2D eigenvalue weighted by molar-refractivity contribution is 2.15. The molecule has 0 aliphatic rings. The maximum Gasteiger partial charge on any atom is -0.344 e. The van der Waals surface area contributed by atoms with Gasteiger partial charge in [0, 0.05) is 0 Å². The van der Waals surface area contributed by atoms with Crippen molar-refractivity contribution in [3.63, 3.8) is 0 Å². The van der Waals surface area contributed by atoms with Crippen LogP contribution in [0.4, 0.5) is 0 Å². The van der Waals surface area contributed by atoms with Crippen molar-refractivity contribution in [2.75, 3.05) is 0 Å². The first-order valence-electron chi connectivity index (χ1n) is 0. The Bertz CT molecular complexity index is 0. The van der Waals surface area contributed by atoms with Gasteiger partial charge in [-0.1, -0.05) is 0 Å². The second kappa shape index (κ2) is 6790. The molecule has 0 saturated carbocycles. The minimum Gasteiger partial charge on any atom is -0.344 e. The van der Waals surface area contributed by atoms with E-state index >= 15 is 0 Å². The Morgan fingerprint density at radius 1 is 0.0588 bits per heavy atom. The van der Waals surface area contributed by atoms with Crippen LogP contribution in [0.2, 0.25) is 0 Å². The van der Waals surface area contributed by atoms with Gasteiger partial charge in [0.1, 0.15) is 0 Å². The molecule has 0 spiro atoms. The molecule has 0 rings (SSSR count). The first-order chi connectivity index (χ1) is 0. The van der Waals surface area contributed by atoms with Crippen LogP contribution in [0.1, 0.15) is 0 Å². The predicted octanol–water partition coefficient (Wildman–Crippen LogP) is 2.75. The van der Waals surface area contributed by atoms with Gasteiger partial charge >= 0.3 is 0 Å². The van der Waals surface area contributed by atoms with E-state index in [1.54, 1.807) is 0 Å². The fourth-order valence-electron chi connectivity index (χ4n) is 0.